The van der Waals surface area contributed by atoms with Crippen molar-refractivity contribution in [1.82, 2.24) is 9.88 Å². The third-order valence-corrected chi connectivity index (χ3v) is 3.78. The molecule has 21 heavy (non-hydrogen) atoms. The predicted octanol–water partition coefficient (Wildman–Crippen LogP) is 1.50. The summed E-state index contributed by atoms with van der Waals surface area (Å²) in [4.78, 5) is 18.5. The average molecular weight is 288 g/mol. The van der Waals surface area contributed by atoms with Crippen molar-refractivity contribution in [3.8, 4) is 0 Å². The lowest BCUT2D eigenvalue weighted by Gasteiger charge is -2.29. The van der Waals surface area contributed by atoms with Crippen molar-refractivity contribution in [2.24, 2.45) is 5.73 Å². The molecule has 1 aromatic heterocycles. The van der Waals surface area contributed by atoms with E-state index in [1.165, 1.54) is 0 Å². The van der Waals surface area contributed by atoms with Crippen LogP contribution in [0.5, 0.6) is 0 Å². The summed E-state index contributed by atoms with van der Waals surface area (Å²) in [5.41, 5.74) is 8.10. The highest BCUT2D eigenvalue weighted by Gasteiger charge is 2.18. The number of nitrogens with one attached hydrogen (secondary N) is 1. The van der Waals surface area contributed by atoms with Gasteiger partial charge in [-0.2, -0.15) is 0 Å². The van der Waals surface area contributed by atoms with Crippen LogP contribution in [0.15, 0.2) is 22.6 Å². The predicted molar refractivity (Wildman–Crippen MR) is 81.0 cm³/mol. The largest absolute Gasteiger partial charge is 0.441 e. The van der Waals surface area contributed by atoms with Crippen LogP contribution in [0.2, 0.25) is 0 Å². The molecule has 0 unspecified atom stereocenters. The van der Waals surface area contributed by atoms with Crippen molar-refractivity contribution < 1.29 is 9.21 Å². The first-order chi connectivity index (χ1) is 10.1. The second kappa shape index (κ2) is 5.83. The maximum atomic E-state index is 12.1. The fraction of sp³-hybridized carbons (Fsp3) is 0.467. The van der Waals surface area contributed by atoms with Crippen LogP contribution in [-0.2, 0) is 4.79 Å². The van der Waals surface area contributed by atoms with Gasteiger partial charge in [-0.25, -0.2) is 4.98 Å². The number of amides is 1. The molecule has 1 fully saturated rings. The van der Waals surface area contributed by atoms with Gasteiger partial charge in [0.25, 0.3) is 0 Å². The second-order valence-electron chi connectivity index (χ2n) is 5.58. The number of likely N-dealkylation sites (tertiary alicyclic amines) is 1. The van der Waals surface area contributed by atoms with Crippen molar-refractivity contribution in [1.29, 1.82) is 0 Å². The van der Waals surface area contributed by atoms with E-state index in [2.05, 4.69) is 15.2 Å². The zero-order valence-corrected chi connectivity index (χ0v) is 12.1. The van der Waals surface area contributed by atoms with Crippen molar-refractivity contribution in [2.45, 2.75) is 25.8 Å². The van der Waals surface area contributed by atoms with Gasteiger partial charge >= 0.3 is 0 Å². The zero-order valence-electron chi connectivity index (χ0n) is 12.1. The smallest absolute Gasteiger partial charge is 0.238 e. The summed E-state index contributed by atoms with van der Waals surface area (Å²) >= 11 is 0. The molecule has 0 spiro atoms. The molecule has 6 nitrogen and oxygen atoms in total. The van der Waals surface area contributed by atoms with E-state index in [1.807, 2.05) is 18.2 Å². The molecule has 0 bridgehead atoms. The summed E-state index contributed by atoms with van der Waals surface area (Å²) in [5, 5.41) is 2.91. The van der Waals surface area contributed by atoms with Gasteiger partial charge in [-0.15, -0.1) is 0 Å². The Kier molecular flexibility index (Phi) is 3.90. The Bertz CT molecular complexity index is 644. The van der Waals surface area contributed by atoms with Gasteiger partial charge in [0.1, 0.15) is 5.52 Å². The molecule has 0 radical (unpaired) electrons. The first kappa shape index (κ1) is 14.0. The topological polar surface area (TPSA) is 84.4 Å². The monoisotopic (exact) mass is 288 g/mol. The van der Waals surface area contributed by atoms with E-state index in [9.17, 15) is 4.79 Å². The molecule has 1 aliphatic rings. The zero-order chi connectivity index (χ0) is 14.8. The van der Waals surface area contributed by atoms with Crippen LogP contribution in [0.4, 0.5) is 5.69 Å². The van der Waals surface area contributed by atoms with E-state index in [1.54, 1.807) is 6.92 Å². The average Bonchev–Trinajstić information content (AvgIpc) is 2.80. The number of oxazole rings is 1. The second-order valence-corrected chi connectivity index (χ2v) is 5.58. The minimum Gasteiger partial charge on any atom is -0.441 e. The van der Waals surface area contributed by atoms with Crippen molar-refractivity contribution in [3.05, 3.63) is 24.1 Å². The summed E-state index contributed by atoms with van der Waals surface area (Å²) in [6, 6.07) is 5.76. The van der Waals surface area contributed by atoms with Gasteiger partial charge in [-0.05, 0) is 31.0 Å². The Morgan fingerprint density at radius 3 is 3.00 bits per heavy atom. The number of hydrogen-bond acceptors (Lipinski definition) is 5. The third-order valence-electron chi connectivity index (χ3n) is 3.78. The van der Waals surface area contributed by atoms with Gasteiger partial charge < -0.3 is 15.5 Å². The Hall–Kier alpha value is -1.92. The van der Waals surface area contributed by atoms with Crippen LogP contribution in [-0.4, -0.2) is 41.5 Å². The van der Waals surface area contributed by atoms with Crippen molar-refractivity contribution in [3.63, 3.8) is 0 Å². The van der Waals surface area contributed by atoms with Gasteiger partial charge in [-0.3, -0.25) is 9.69 Å². The van der Waals surface area contributed by atoms with Crippen molar-refractivity contribution >= 4 is 22.7 Å². The van der Waals surface area contributed by atoms with E-state index in [0.717, 1.165) is 42.7 Å². The van der Waals surface area contributed by atoms with Crippen LogP contribution < -0.4 is 11.1 Å². The maximum Gasteiger partial charge on any atom is 0.238 e. The molecule has 1 aromatic carbocycles. The Balaban J connectivity index is 1.60. The highest BCUT2D eigenvalue weighted by Crippen LogP contribution is 2.19. The molecule has 0 aliphatic carbocycles. The number of anilines is 1. The first-order valence-corrected chi connectivity index (χ1v) is 7.25. The van der Waals surface area contributed by atoms with E-state index >= 15 is 0 Å². The minimum atomic E-state index is -0.00922. The number of aromatic nitrogens is 1. The Labute approximate surface area is 123 Å². The summed E-state index contributed by atoms with van der Waals surface area (Å²) in [5.74, 6) is 0.614. The van der Waals surface area contributed by atoms with Gasteiger partial charge in [0, 0.05) is 31.7 Å². The number of fused-ring (bicyclic) bond motifs is 1. The number of hydrogen-bond donors (Lipinski definition) is 2. The summed E-state index contributed by atoms with van der Waals surface area (Å²) < 4.78 is 5.42. The summed E-state index contributed by atoms with van der Waals surface area (Å²) in [6.45, 7) is 3.98. The molecule has 112 valence electrons. The van der Waals surface area contributed by atoms with Crippen molar-refractivity contribution in [2.75, 3.05) is 25.0 Å². The lowest BCUT2D eigenvalue weighted by molar-refractivity contribution is -0.117. The lowest BCUT2D eigenvalue weighted by atomic mass is 10.1. The number of benzene rings is 1. The molecular formula is C15H20N4O2. The lowest BCUT2D eigenvalue weighted by Crippen LogP contribution is -2.43. The highest BCUT2D eigenvalue weighted by atomic mass is 16.3. The molecule has 0 saturated carbocycles. The van der Waals surface area contributed by atoms with Crippen LogP contribution in [0.3, 0.4) is 0 Å². The molecule has 6 heteroatoms. The van der Waals surface area contributed by atoms with Crippen LogP contribution in [0, 0.1) is 6.92 Å². The van der Waals surface area contributed by atoms with Gasteiger partial charge in [0.2, 0.25) is 5.91 Å². The Morgan fingerprint density at radius 2 is 2.24 bits per heavy atom. The van der Waals surface area contributed by atoms with Crippen LogP contribution in [0.25, 0.3) is 11.1 Å². The van der Waals surface area contributed by atoms with Crippen LogP contribution in [0.1, 0.15) is 18.7 Å². The number of aryl methyl sites for hydroxylation is 1. The van der Waals surface area contributed by atoms with E-state index in [0.29, 0.717) is 12.4 Å². The standard InChI is InChI=1S/C15H20N4O2/c1-10-17-13-8-12(2-3-14(13)21-10)18-15(20)9-19-6-4-11(16)5-7-19/h2-3,8,11H,4-7,9,16H2,1H3,(H,18,20). The molecule has 2 heterocycles. The minimum absolute atomic E-state index is 0.00922. The summed E-state index contributed by atoms with van der Waals surface area (Å²) in [7, 11) is 0. The Morgan fingerprint density at radius 1 is 1.48 bits per heavy atom. The third kappa shape index (κ3) is 3.40. The van der Waals surface area contributed by atoms with E-state index in [-0.39, 0.29) is 11.9 Å². The number of carbonyl (C=O) groups excluding carboxylic acids is 1. The maximum absolute atomic E-state index is 12.1. The number of rotatable bonds is 3. The fourth-order valence-electron chi connectivity index (χ4n) is 2.64. The molecule has 1 aliphatic heterocycles. The quantitative estimate of drug-likeness (QED) is 0.894. The molecular weight excluding hydrogens is 268 g/mol. The number of nitrogens with two attached hydrogens (primary N) is 1. The number of piperidine rings is 1. The molecule has 2 aromatic rings. The van der Waals surface area contributed by atoms with E-state index < -0.39 is 0 Å². The van der Waals surface area contributed by atoms with Gasteiger partial charge in [-0.1, -0.05) is 0 Å². The molecule has 1 saturated heterocycles. The molecule has 0 atom stereocenters. The molecule has 1 amide bonds. The highest BCUT2D eigenvalue weighted by molar-refractivity contribution is 5.94. The van der Waals surface area contributed by atoms with E-state index in [4.69, 9.17) is 10.2 Å². The summed E-state index contributed by atoms with van der Waals surface area (Å²) in [6.07, 6.45) is 1.91. The van der Waals surface area contributed by atoms with Gasteiger partial charge in [0.15, 0.2) is 11.5 Å². The number of carbonyl (C=O) groups is 1. The molecule has 3 rings (SSSR count). The van der Waals surface area contributed by atoms with Crippen LogP contribution >= 0.6 is 0 Å². The molecule has 3 N–H and O–H groups in total. The normalized spacial score (nSPS) is 17.2. The number of nitrogens with zero attached hydrogens (tertiary/aromatic N) is 2. The SMILES string of the molecule is Cc1nc2cc(NC(=O)CN3CCC(N)CC3)ccc2o1. The first-order valence-electron chi connectivity index (χ1n) is 7.25. The fourth-order valence-corrected chi connectivity index (χ4v) is 2.64. The van der Waals surface area contributed by atoms with Gasteiger partial charge in [0.05, 0.1) is 6.54 Å².